The third-order valence-corrected chi connectivity index (χ3v) is 3.30. The van der Waals surface area contributed by atoms with Crippen LogP contribution in [-0.4, -0.2) is 14.9 Å². The first kappa shape index (κ1) is 12.7. The molecule has 0 bridgehead atoms. The van der Waals surface area contributed by atoms with Gasteiger partial charge in [-0.1, -0.05) is 31.5 Å². The van der Waals surface area contributed by atoms with E-state index in [0.29, 0.717) is 0 Å². The number of unbranched alkanes of at least 4 members (excludes halogenated alkanes) is 1. The minimum Gasteiger partial charge on any atom is -0.493 e. The second-order valence-corrected chi connectivity index (χ2v) is 4.70. The number of para-hydroxylation sites is 1. The van der Waals surface area contributed by atoms with Crippen LogP contribution >= 0.6 is 0 Å². The van der Waals surface area contributed by atoms with Crippen LogP contribution in [0.15, 0.2) is 24.3 Å². The Kier molecular flexibility index (Phi) is 3.70. The second-order valence-electron chi connectivity index (χ2n) is 4.70. The van der Waals surface area contributed by atoms with E-state index in [1.165, 1.54) is 0 Å². The Labute approximate surface area is 108 Å². The summed E-state index contributed by atoms with van der Waals surface area (Å²) in [5.74, 6) is 0.260. The fraction of sp³-hybridized carbons (Fsp3) is 0.400. The fourth-order valence-electron chi connectivity index (χ4n) is 2.08. The molecule has 0 saturated carbocycles. The average molecular weight is 244 g/mol. The van der Waals surface area contributed by atoms with Gasteiger partial charge in [0.15, 0.2) is 0 Å². The Hall–Kier alpha value is -1.77. The molecule has 0 spiro atoms. The summed E-state index contributed by atoms with van der Waals surface area (Å²) in [6.45, 7) is 6.12. The van der Waals surface area contributed by atoms with Gasteiger partial charge in [-0.3, -0.25) is 0 Å². The first-order valence-electron chi connectivity index (χ1n) is 6.48. The smallest absolute Gasteiger partial charge is 0.217 e. The van der Waals surface area contributed by atoms with E-state index in [1.54, 1.807) is 4.68 Å². The van der Waals surface area contributed by atoms with E-state index in [4.69, 9.17) is 0 Å². The highest BCUT2D eigenvalue weighted by Crippen LogP contribution is 2.26. The maximum absolute atomic E-state index is 10.2. The number of hydrogen-bond donors (Lipinski definition) is 1. The molecule has 0 aliphatic carbocycles. The van der Waals surface area contributed by atoms with E-state index < -0.39 is 0 Å². The van der Waals surface area contributed by atoms with Crippen LogP contribution < -0.4 is 0 Å². The molecule has 0 fully saturated rings. The molecule has 2 rings (SSSR count). The second kappa shape index (κ2) is 5.25. The Morgan fingerprint density at radius 1 is 1.22 bits per heavy atom. The van der Waals surface area contributed by atoms with Gasteiger partial charge in [0.2, 0.25) is 5.88 Å². The Bertz CT molecular complexity index is 543. The van der Waals surface area contributed by atoms with Gasteiger partial charge in [-0.15, -0.1) is 0 Å². The number of aryl methyl sites for hydroxylation is 2. The van der Waals surface area contributed by atoms with Gasteiger partial charge >= 0.3 is 0 Å². The summed E-state index contributed by atoms with van der Waals surface area (Å²) in [5, 5.41) is 14.7. The number of hydrogen-bond acceptors (Lipinski definition) is 2. The number of aromatic hydroxyl groups is 1. The molecule has 0 unspecified atom stereocenters. The molecular formula is C15H20N2O. The van der Waals surface area contributed by atoms with Crippen molar-refractivity contribution in [2.45, 2.75) is 40.0 Å². The van der Waals surface area contributed by atoms with Gasteiger partial charge in [-0.2, -0.15) is 5.10 Å². The molecule has 0 aliphatic rings. The topological polar surface area (TPSA) is 38.0 Å². The summed E-state index contributed by atoms with van der Waals surface area (Å²) in [5.41, 5.74) is 3.95. The molecule has 0 aliphatic heterocycles. The number of rotatable bonds is 4. The first-order valence-corrected chi connectivity index (χ1v) is 6.48. The van der Waals surface area contributed by atoms with Crippen molar-refractivity contribution in [3.05, 3.63) is 41.1 Å². The fourth-order valence-corrected chi connectivity index (χ4v) is 2.08. The first-order chi connectivity index (χ1) is 8.65. The van der Waals surface area contributed by atoms with Crippen LogP contribution in [0.5, 0.6) is 5.88 Å². The lowest BCUT2D eigenvalue weighted by atomic mass is 10.1. The predicted molar refractivity (Wildman–Crippen MR) is 73.3 cm³/mol. The average Bonchev–Trinajstić information content (AvgIpc) is 2.65. The molecule has 1 aromatic heterocycles. The Morgan fingerprint density at radius 2 is 1.94 bits per heavy atom. The molecule has 1 aromatic carbocycles. The third-order valence-electron chi connectivity index (χ3n) is 3.30. The van der Waals surface area contributed by atoms with E-state index in [0.717, 1.165) is 41.8 Å². The molecule has 1 N–H and O–H groups in total. The lowest BCUT2D eigenvalue weighted by molar-refractivity contribution is 0.430. The van der Waals surface area contributed by atoms with E-state index in [9.17, 15) is 5.11 Å². The maximum Gasteiger partial charge on any atom is 0.217 e. The lowest BCUT2D eigenvalue weighted by Gasteiger charge is -2.06. The van der Waals surface area contributed by atoms with Crippen LogP contribution in [-0.2, 0) is 6.42 Å². The van der Waals surface area contributed by atoms with E-state index in [-0.39, 0.29) is 5.88 Å². The predicted octanol–water partition coefficient (Wildman–Crippen LogP) is 3.54. The van der Waals surface area contributed by atoms with Crippen LogP contribution in [0.1, 0.15) is 36.6 Å². The van der Waals surface area contributed by atoms with Gasteiger partial charge < -0.3 is 5.11 Å². The minimum absolute atomic E-state index is 0.260. The van der Waals surface area contributed by atoms with Gasteiger partial charge in [0, 0.05) is 5.56 Å². The zero-order chi connectivity index (χ0) is 13.1. The summed E-state index contributed by atoms with van der Waals surface area (Å²) >= 11 is 0. The van der Waals surface area contributed by atoms with Crippen molar-refractivity contribution >= 4 is 0 Å². The summed E-state index contributed by atoms with van der Waals surface area (Å²) in [7, 11) is 0. The highest BCUT2D eigenvalue weighted by Gasteiger charge is 2.15. The van der Waals surface area contributed by atoms with Crippen LogP contribution in [0.25, 0.3) is 5.69 Å². The van der Waals surface area contributed by atoms with Crippen molar-refractivity contribution in [1.29, 1.82) is 0 Å². The molecule has 0 radical (unpaired) electrons. The van der Waals surface area contributed by atoms with Crippen molar-refractivity contribution in [3.63, 3.8) is 0 Å². The summed E-state index contributed by atoms with van der Waals surface area (Å²) in [6, 6.07) is 7.96. The van der Waals surface area contributed by atoms with Gasteiger partial charge in [0.25, 0.3) is 0 Å². The summed E-state index contributed by atoms with van der Waals surface area (Å²) in [4.78, 5) is 0. The normalized spacial score (nSPS) is 10.8. The Morgan fingerprint density at radius 3 is 2.61 bits per heavy atom. The molecule has 1 heterocycles. The molecule has 3 heteroatoms. The molecule has 3 nitrogen and oxygen atoms in total. The zero-order valence-corrected chi connectivity index (χ0v) is 11.3. The molecule has 96 valence electrons. The monoisotopic (exact) mass is 244 g/mol. The van der Waals surface area contributed by atoms with Crippen molar-refractivity contribution in [1.82, 2.24) is 9.78 Å². The van der Waals surface area contributed by atoms with Crippen LogP contribution in [0.3, 0.4) is 0 Å². The van der Waals surface area contributed by atoms with Crippen LogP contribution in [0.2, 0.25) is 0 Å². The van der Waals surface area contributed by atoms with Crippen molar-refractivity contribution in [2.75, 3.05) is 0 Å². The van der Waals surface area contributed by atoms with Gasteiger partial charge in [0.1, 0.15) is 0 Å². The minimum atomic E-state index is 0.260. The largest absolute Gasteiger partial charge is 0.493 e. The zero-order valence-electron chi connectivity index (χ0n) is 11.3. The quantitative estimate of drug-likeness (QED) is 0.893. The molecular weight excluding hydrogens is 224 g/mol. The Balaban J connectivity index is 2.43. The third kappa shape index (κ3) is 2.26. The standard InChI is InChI=1S/C15H20N2O/c1-4-5-9-13-12(3)15(18)17(16-13)14-10-7-6-8-11(14)2/h6-8,10,18H,4-5,9H2,1-3H3. The highest BCUT2D eigenvalue weighted by molar-refractivity contribution is 5.44. The number of nitrogens with zero attached hydrogens (tertiary/aromatic N) is 2. The SMILES string of the molecule is CCCCc1nn(-c2ccccc2C)c(O)c1C. The number of aromatic nitrogens is 2. The van der Waals surface area contributed by atoms with Gasteiger partial charge in [0.05, 0.1) is 11.4 Å². The molecule has 0 saturated heterocycles. The van der Waals surface area contributed by atoms with Gasteiger partial charge in [-0.05, 0) is 38.3 Å². The number of benzene rings is 1. The maximum atomic E-state index is 10.2. The summed E-state index contributed by atoms with van der Waals surface area (Å²) < 4.78 is 1.65. The highest BCUT2D eigenvalue weighted by atomic mass is 16.3. The van der Waals surface area contributed by atoms with Crippen molar-refractivity contribution < 1.29 is 5.11 Å². The van der Waals surface area contributed by atoms with Gasteiger partial charge in [-0.25, -0.2) is 4.68 Å². The molecule has 0 amide bonds. The van der Waals surface area contributed by atoms with E-state index in [1.807, 2.05) is 38.1 Å². The van der Waals surface area contributed by atoms with Crippen molar-refractivity contribution in [3.8, 4) is 11.6 Å². The van der Waals surface area contributed by atoms with Crippen molar-refractivity contribution in [2.24, 2.45) is 0 Å². The molecule has 0 atom stereocenters. The molecule has 18 heavy (non-hydrogen) atoms. The van der Waals surface area contributed by atoms with E-state index in [2.05, 4.69) is 12.0 Å². The summed E-state index contributed by atoms with van der Waals surface area (Å²) in [6.07, 6.45) is 3.16. The van der Waals surface area contributed by atoms with Crippen LogP contribution in [0.4, 0.5) is 0 Å². The van der Waals surface area contributed by atoms with Crippen LogP contribution in [0, 0.1) is 13.8 Å². The van der Waals surface area contributed by atoms with E-state index >= 15 is 0 Å². The molecule has 2 aromatic rings. The lowest BCUT2D eigenvalue weighted by Crippen LogP contribution is -1.99.